The summed E-state index contributed by atoms with van der Waals surface area (Å²) in [6.07, 6.45) is -1.29. The molecule has 0 aromatic heterocycles. The van der Waals surface area contributed by atoms with Crippen molar-refractivity contribution in [1.29, 1.82) is 0 Å². The summed E-state index contributed by atoms with van der Waals surface area (Å²) in [7, 11) is 0. The Hall–Kier alpha value is -2.71. The van der Waals surface area contributed by atoms with Crippen LogP contribution in [-0.2, 0) is 9.53 Å². The third kappa shape index (κ3) is 5.43. The predicted molar refractivity (Wildman–Crippen MR) is 65.7 cm³/mol. The first kappa shape index (κ1) is 16.3. The molecule has 1 atom stereocenters. The van der Waals surface area contributed by atoms with Gasteiger partial charge in [0.15, 0.2) is 6.10 Å². The van der Waals surface area contributed by atoms with Gasteiger partial charge in [-0.2, -0.15) is 8.78 Å². The Labute approximate surface area is 118 Å². The molecule has 0 heterocycles. The number of benzene rings is 1. The van der Waals surface area contributed by atoms with Crippen LogP contribution in [0.1, 0.15) is 17.3 Å². The third-order valence-electron chi connectivity index (χ3n) is 2.19. The highest BCUT2D eigenvalue weighted by Gasteiger charge is 2.20. The van der Waals surface area contributed by atoms with Crippen molar-refractivity contribution in [2.24, 2.45) is 5.73 Å². The zero-order chi connectivity index (χ0) is 16.0. The van der Waals surface area contributed by atoms with E-state index in [-0.39, 0.29) is 11.3 Å². The maximum absolute atomic E-state index is 12.1. The Kier molecular flexibility index (Phi) is 5.58. The van der Waals surface area contributed by atoms with Crippen molar-refractivity contribution in [2.75, 3.05) is 0 Å². The van der Waals surface area contributed by atoms with Gasteiger partial charge in [0, 0.05) is 0 Å². The van der Waals surface area contributed by atoms with Gasteiger partial charge >= 0.3 is 18.6 Å². The van der Waals surface area contributed by atoms with Crippen molar-refractivity contribution in [2.45, 2.75) is 19.6 Å². The van der Waals surface area contributed by atoms with Crippen LogP contribution in [0.2, 0.25) is 0 Å². The van der Waals surface area contributed by atoms with Gasteiger partial charge < -0.3 is 15.2 Å². The molecule has 1 aromatic rings. The quantitative estimate of drug-likeness (QED) is 0.790. The van der Waals surface area contributed by atoms with E-state index < -0.39 is 30.6 Å². The van der Waals surface area contributed by atoms with Crippen LogP contribution in [-0.4, -0.2) is 30.6 Å². The topological polar surface area (TPSA) is 108 Å². The SMILES string of the molecule is C[C@H](OC(=O)c1cccc(OC(F)F)c1)C(=O)NC(N)=O. The van der Waals surface area contributed by atoms with Crippen LogP contribution in [0.5, 0.6) is 5.75 Å². The number of imide groups is 1. The van der Waals surface area contributed by atoms with E-state index in [4.69, 9.17) is 10.5 Å². The molecule has 0 spiro atoms. The maximum atomic E-state index is 12.1. The number of primary amides is 1. The lowest BCUT2D eigenvalue weighted by molar-refractivity contribution is -0.127. The molecule has 3 N–H and O–H groups in total. The fraction of sp³-hybridized carbons (Fsp3) is 0.250. The molecule has 0 aliphatic rings. The molecule has 0 fully saturated rings. The molecule has 0 unspecified atom stereocenters. The van der Waals surface area contributed by atoms with Crippen LogP contribution in [0, 0.1) is 0 Å². The molecule has 21 heavy (non-hydrogen) atoms. The molecule has 0 radical (unpaired) electrons. The number of nitrogens with one attached hydrogen (secondary N) is 1. The largest absolute Gasteiger partial charge is 0.449 e. The fourth-order valence-corrected chi connectivity index (χ4v) is 1.30. The summed E-state index contributed by atoms with van der Waals surface area (Å²) in [6, 6.07) is 3.77. The normalized spacial score (nSPS) is 11.6. The van der Waals surface area contributed by atoms with Gasteiger partial charge in [-0.15, -0.1) is 0 Å². The van der Waals surface area contributed by atoms with Crippen molar-refractivity contribution < 1.29 is 32.6 Å². The number of halogens is 2. The number of amides is 3. The molecule has 0 aliphatic heterocycles. The maximum Gasteiger partial charge on any atom is 0.387 e. The lowest BCUT2D eigenvalue weighted by Gasteiger charge is -2.12. The van der Waals surface area contributed by atoms with Gasteiger partial charge in [0.05, 0.1) is 5.56 Å². The number of esters is 1. The van der Waals surface area contributed by atoms with Gasteiger partial charge in [-0.25, -0.2) is 9.59 Å². The van der Waals surface area contributed by atoms with Gasteiger partial charge in [-0.3, -0.25) is 10.1 Å². The first-order valence-electron chi connectivity index (χ1n) is 5.65. The standard InChI is InChI=1S/C12H12F2N2O5/c1-6(9(17)16-12(15)19)20-10(18)7-3-2-4-8(5-7)21-11(13)14/h2-6,11H,1H3,(H3,15,16,17,19)/t6-/m0/s1. The molecule has 7 nitrogen and oxygen atoms in total. The van der Waals surface area contributed by atoms with Crippen molar-refractivity contribution in [1.82, 2.24) is 5.32 Å². The third-order valence-corrected chi connectivity index (χ3v) is 2.19. The highest BCUT2D eigenvalue weighted by atomic mass is 19.3. The zero-order valence-corrected chi connectivity index (χ0v) is 10.8. The monoisotopic (exact) mass is 302 g/mol. The Morgan fingerprint density at radius 1 is 1.29 bits per heavy atom. The number of urea groups is 1. The average Bonchev–Trinajstić information content (AvgIpc) is 2.37. The van der Waals surface area contributed by atoms with E-state index in [0.717, 1.165) is 6.07 Å². The number of nitrogens with two attached hydrogens (primary N) is 1. The van der Waals surface area contributed by atoms with Gasteiger partial charge in [0.25, 0.3) is 5.91 Å². The minimum atomic E-state index is -3.03. The average molecular weight is 302 g/mol. The smallest absolute Gasteiger partial charge is 0.387 e. The van der Waals surface area contributed by atoms with E-state index in [0.29, 0.717) is 0 Å². The molecule has 0 saturated heterocycles. The lowest BCUT2D eigenvalue weighted by atomic mass is 10.2. The lowest BCUT2D eigenvalue weighted by Crippen LogP contribution is -2.42. The number of carbonyl (C=O) groups excluding carboxylic acids is 3. The Bertz CT molecular complexity index is 550. The van der Waals surface area contributed by atoms with E-state index in [1.165, 1.54) is 25.1 Å². The summed E-state index contributed by atoms with van der Waals surface area (Å²) >= 11 is 0. The first-order valence-corrected chi connectivity index (χ1v) is 5.65. The minimum Gasteiger partial charge on any atom is -0.449 e. The highest BCUT2D eigenvalue weighted by Crippen LogP contribution is 2.17. The van der Waals surface area contributed by atoms with E-state index in [1.54, 1.807) is 5.32 Å². The van der Waals surface area contributed by atoms with Crippen molar-refractivity contribution >= 4 is 17.9 Å². The van der Waals surface area contributed by atoms with E-state index in [9.17, 15) is 23.2 Å². The molecular weight excluding hydrogens is 290 g/mol. The van der Waals surface area contributed by atoms with Gasteiger partial charge in [-0.1, -0.05) is 6.07 Å². The number of rotatable bonds is 5. The summed E-state index contributed by atoms with van der Waals surface area (Å²) in [6.45, 7) is -1.81. The van der Waals surface area contributed by atoms with Gasteiger partial charge in [0.2, 0.25) is 0 Å². The fourth-order valence-electron chi connectivity index (χ4n) is 1.30. The summed E-state index contributed by atoms with van der Waals surface area (Å²) in [5.74, 6) is -2.08. The minimum absolute atomic E-state index is 0.0909. The highest BCUT2D eigenvalue weighted by molar-refractivity contribution is 5.98. The number of hydrogen-bond acceptors (Lipinski definition) is 5. The number of alkyl halides is 2. The second-order valence-corrected chi connectivity index (χ2v) is 3.81. The van der Waals surface area contributed by atoms with Crippen LogP contribution < -0.4 is 15.8 Å². The summed E-state index contributed by atoms with van der Waals surface area (Å²) in [5.41, 5.74) is 4.65. The molecule has 0 bridgehead atoms. The molecule has 1 aromatic carbocycles. The van der Waals surface area contributed by atoms with Gasteiger partial charge in [0.1, 0.15) is 5.75 Å². The van der Waals surface area contributed by atoms with Crippen molar-refractivity contribution in [3.63, 3.8) is 0 Å². The second-order valence-electron chi connectivity index (χ2n) is 3.81. The van der Waals surface area contributed by atoms with Crippen LogP contribution in [0.15, 0.2) is 24.3 Å². The van der Waals surface area contributed by atoms with Gasteiger partial charge in [-0.05, 0) is 25.1 Å². The number of ether oxygens (including phenoxy) is 2. The summed E-state index contributed by atoms with van der Waals surface area (Å²) in [4.78, 5) is 33.5. The molecule has 0 saturated carbocycles. The van der Waals surface area contributed by atoms with Crippen molar-refractivity contribution in [3.05, 3.63) is 29.8 Å². The molecule has 3 amide bonds. The van der Waals surface area contributed by atoms with Crippen LogP contribution in [0.25, 0.3) is 0 Å². The molecular formula is C12H12F2N2O5. The molecule has 1 rings (SSSR count). The van der Waals surface area contributed by atoms with Crippen LogP contribution in [0.3, 0.4) is 0 Å². The number of carbonyl (C=O) groups is 3. The van der Waals surface area contributed by atoms with Crippen molar-refractivity contribution in [3.8, 4) is 5.75 Å². The van der Waals surface area contributed by atoms with Crippen LogP contribution >= 0.6 is 0 Å². The Morgan fingerprint density at radius 3 is 2.52 bits per heavy atom. The molecule has 9 heteroatoms. The Balaban J connectivity index is 2.71. The Morgan fingerprint density at radius 2 is 1.95 bits per heavy atom. The summed E-state index contributed by atoms with van der Waals surface area (Å²) in [5, 5.41) is 1.74. The van der Waals surface area contributed by atoms with E-state index in [1.807, 2.05) is 0 Å². The van der Waals surface area contributed by atoms with Crippen LogP contribution in [0.4, 0.5) is 13.6 Å². The zero-order valence-electron chi connectivity index (χ0n) is 10.8. The molecule has 114 valence electrons. The second kappa shape index (κ2) is 7.17. The number of hydrogen-bond donors (Lipinski definition) is 2. The predicted octanol–water partition coefficient (Wildman–Crippen LogP) is 1.03. The van der Waals surface area contributed by atoms with E-state index >= 15 is 0 Å². The first-order chi connectivity index (χ1) is 9.79. The molecule has 0 aliphatic carbocycles. The summed E-state index contributed by atoms with van der Waals surface area (Å²) < 4.78 is 33.0. The van der Waals surface area contributed by atoms with E-state index in [2.05, 4.69) is 4.74 Å².